The molecule has 1 aromatic rings. The molecule has 0 radical (unpaired) electrons. The van der Waals surface area contributed by atoms with Crippen LogP contribution in [0.15, 0.2) is 18.2 Å². The van der Waals surface area contributed by atoms with Crippen molar-refractivity contribution in [1.29, 1.82) is 0 Å². The van der Waals surface area contributed by atoms with Crippen molar-refractivity contribution in [3.05, 3.63) is 29.3 Å². The maximum absolute atomic E-state index is 12.0. The maximum atomic E-state index is 12.0. The van der Waals surface area contributed by atoms with Gasteiger partial charge in [0.15, 0.2) is 0 Å². The molecule has 1 aromatic carbocycles. The van der Waals surface area contributed by atoms with E-state index in [1.54, 1.807) is 26.2 Å². The number of aryl methyl sites for hydroxylation is 1. The molecule has 0 aliphatic carbocycles. The zero-order valence-corrected chi connectivity index (χ0v) is 13.3. The summed E-state index contributed by atoms with van der Waals surface area (Å²) in [5, 5.41) is 6.11. The zero-order valence-electron chi connectivity index (χ0n) is 13.3. The smallest absolute Gasteiger partial charge is 0.253 e. The van der Waals surface area contributed by atoms with E-state index < -0.39 is 0 Å². The van der Waals surface area contributed by atoms with E-state index in [2.05, 4.69) is 10.6 Å². The number of hydrogen-bond acceptors (Lipinski definition) is 4. The second kappa shape index (κ2) is 7.38. The maximum Gasteiger partial charge on any atom is 0.253 e. The number of benzene rings is 1. The van der Waals surface area contributed by atoms with Crippen LogP contribution in [0.5, 0.6) is 0 Å². The van der Waals surface area contributed by atoms with E-state index in [-0.39, 0.29) is 17.9 Å². The highest BCUT2D eigenvalue weighted by atomic mass is 16.5. The molecule has 1 heterocycles. The van der Waals surface area contributed by atoms with Gasteiger partial charge in [-0.15, -0.1) is 0 Å². The Bertz CT molecular complexity index is 552. The summed E-state index contributed by atoms with van der Waals surface area (Å²) in [5.41, 5.74) is 2.19. The van der Waals surface area contributed by atoms with Crippen LogP contribution >= 0.6 is 0 Å². The molecule has 6 nitrogen and oxygen atoms in total. The zero-order chi connectivity index (χ0) is 16.1. The van der Waals surface area contributed by atoms with E-state index in [0.29, 0.717) is 30.9 Å². The van der Waals surface area contributed by atoms with Crippen LogP contribution in [0, 0.1) is 6.92 Å². The highest BCUT2D eigenvalue weighted by Crippen LogP contribution is 2.17. The Balaban J connectivity index is 1.96. The molecule has 1 aliphatic rings. The van der Waals surface area contributed by atoms with E-state index in [9.17, 15) is 9.59 Å². The van der Waals surface area contributed by atoms with Crippen LogP contribution in [0.4, 0.5) is 5.69 Å². The predicted octanol–water partition coefficient (Wildman–Crippen LogP) is 1.01. The quantitative estimate of drug-likeness (QED) is 0.871. The second-order valence-electron chi connectivity index (χ2n) is 5.71. The van der Waals surface area contributed by atoms with Crippen LogP contribution < -0.4 is 10.6 Å². The lowest BCUT2D eigenvalue weighted by Crippen LogP contribution is -2.43. The fourth-order valence-electron chi connectivity index (χ4n) is 2.41. The molecule has 2 N–H and O–H groups in total. The molecule has 0 aromatic heterocycles. The van der Waals surface area contributed by atoms with Gasteiger partial charge >= 0.3 is 0 Å². The van der Waals surface area contributed by atoms with Crippen LogP contribution in [0.1, 0.15) is 22.3 Å². The van der Waals surface area contributed by atoms with E-state index in [1.807, 2.05) is 13.0 Å². The molecular weight excluding hydrogens is 282 g/mol. The monoisotopic (exact) mass is 305 g/mol. The van der Waals surface area contributed by atoms with Gasteiger partial charge in [0.25, 0.3) is 5.91 Å². The Morgan fingerprint density at radius 1 is 1.41 bits per heavy atom. The number of ether oxygens (including phenoxy) is 1. The lowest BCUT2D eigenvalue weighted by molar-refractivity contribution is -0.117. The topological polar surface area (TPSA) is 70.7 Å². The molecule has 0 saturated carbocycles. The average molecular weight is 305 g/mol. The van der Waals surface area contributed by atoms with Gasteiger partial charge < -0.3 is 20.3 Å². The number of nitrogens with one attached hydrogen (secondary N) is 2. The molecule has 120 valence electrons. The minimum atomic E-state index is -0.0610. The second-order valence-corrected chi connectivity index (χ2v) is 5.71. The van der Waals surface area contributed by atoms with Crippen molar-refractivity contribution < 1.29 is 14.3 Å². The van der Waals surface area contributed by atoms with Gasteiger partial charge in [0.1, 0.15) is 0 Å². The van der Waals surface area contributed by atoms with Gasteiger partial charge in [-0.1, -0.05) is 0 Å². The summed E-state index contributed by atoms with van der Waals surface area (Å²) in [6.45, 7) is 3.89. The molecule has 1 atom stereocenters. The molecule has 22 heavy (non-hydrogen) atoms. The fourth-order valence-corrected chi connectivity index (χ4v) is 2.41. The number of carbonyl (C=O) groups is 2. The summed E-state index contributed by atoms with van der Waals surface area (Å²) in [4.78, 5) is 25.6. The van der Waals surface area contributed by atoms with Gasteiger partial charge in [0, 0.05) is 44.4 Å². The van der Waals surface area contributed by atoms with Crippen LogP contribution in [0.2, 0.25) is 0 Å². The molecule has 6 heteroatoms. The van der Waals surface area contributed by atoms with Gasteiger partial charge in [-0.2, -0.15) is 0 Å². The Kier molecular flexibility index (Phi) is 5.51. The molecular formula is C16H23N3O3. The fraction of sp³-hybridized carbons (Fsp3) is 0.500. The summed E-state index contributed by atoms with van der Waals surface area (Å²) in [5.74, 6) is -0.104. The van der Waals surface area contributed by atoms with E-state index in [0.717, 1.165) is 12.1 Å². The van der Waals surface area contributed by atoms with Gasteiger partial charge in [-0.3, -0.25) is 9.59 Å². The normalized spacial score (nSPS) is 17.9. The third-order valence-electron chi connectivity index (χ3n) is 3.58. The number of rotatable bonds is 4. The highest BCUT2D eigenvalue weighted by molar-refractivity contribution is 5.97. The van der Waals surface area contributed by atoms with Crippen molar-refractivity contribution in [2.24, 2.45) is 0 Å². The van der Waals surface area contributed by atoms with Crippen LogP contribution in [-0.4, -0.2) is 56.6 Å². The summed E-state index contributed by atoms with van der Waals surface area (Å²) in [6, 6.07) is 5.38. The van der Waals surface area contributed by atoms with Crippen molar-refractivity contribution in [1.82, 2.24) is 10.2 Å². The van der Waals surface area contributed by atoms with Crippen molar-refractivity contribution in [3.63, 3.8) is 0 Å². The van der Waals surface area contributed by atoms with Crippen molar-refractivity contribution >= 4 is 17.5 Å². The van der Waals surface area contributed by atoms with Gasteiger partial charge in [0.05, 0.1) is 13.2 Å². The molecule has 1 aliphatic heterocycles. The number of hydrogen-bond donors (Lipinski definition) is 2. The number of carbonyl (C=O) groups excluding carboxylic acids is 2. The third kappa shape index (κ3) is 4.29. The predicted molar refractivity (Wildman–Crippen MR) is 85.1 cm³/mol. The molecule has 2 amide bonds. The first kappa shape index (κ1) is 16.5. The van der Waals surface area contributed by atoms with E-state index in [1.165, 1.54) is 4.90 Å². The first-order valence-electron chi connectivity index (χ1n) is 7.40. The van der Waals surface area contributed by atoms with Crippen molar-refractivity contribution in [3.8, 4) is 0 Å². The standard InChI is InChI=1S/C16H23N3O3/c1-11-8-12(4-5-14(11)16(21)19(2)3)18-15(20)9-13-10-22-7-6-17-13/h4-5,8,13,17H,6-7,9-10H2,1-3H3,(H,18,20). The lowest BCUT2D eigenvalue weighted by Gasteiger charge is -2.23. The summed E-state index contributed by atoms with van der Waals surface area (Å²) in [7, 11) is 3.44. The number of morpholine rings is 1. The third-order valence-corrected chi connectivity index (χ3v) is 3.58. The van der Waals surface area contributed by atoms with Crippen molar-refractivity contribution in [2.75, 3.05) is 39.2 Å². The number of amides is 2. The minimum Gasteiger partial charge on any atom is -0.378 e. The SMILES string of the molecule is Cc1cc(NC(=O)CC2COCCN2)ccc1C(=O)N(C)C. The van der Waals surface area contributed by atoms with Crippen LogP contribution in [-0.2, 0) is 9.53 Å². The number of nitrogens with zero attached hydrogens (tertiary/aromatic N) is 1. The van der Waals surface area contributed by atoms with E-state index >= 15 is 0 Å². The first-order valence-corrected chi connectivity index (χ1v) is 7.40. The summed E-state index contributed by atoms with van der Waals surface area (Å²) >= 11 is 0. The average Bonchev–Trinajstić information content (AvgIpc) is 2.47. The molecule has 1 fully saturated rings. The Morgan fingerprint density at radius 2 is 2.18 bits per heavy atom. The van der Waals surface area contributed by atoms with Crippen LogP contribution in [0.3, 0.4) is 0 Å². The molecule has 0 bridgehead atoms. The number of anilines is 1. The molecule has 0 spiro atoms. The Labute approximate surface area is 130 Å². The van der Waals surface area contributed by atoms with Gasteiger partial charge in [-0.25, -0.2) is 0 Å². The molecule has 1 unspecified atom stereocenters. The Hall–Kier alpha value is -1.92. The van der Waals surface area contributed by atoms with Crippen LogP contribution in [0.25, 0.3) is 0 Å². The van der Waals surface area contributed by atoms with Gasteiger partial charge in [0.2, 0.25) is 5.91 Å². The molecule has 2 rings (SSSR count). The lowest BCUT2D eigenvalue weighted by atomic mass is 10.1. The summed E-state index contributed by atoms with van der Waals surface area (Å²) in [6.07, 6.45) is 0.372. The minimum absolute atomic E-state index is 0.0427. The largest absolute Gasteiger partial charge is 0.378 e. The first-order chi connectivity index (χ1) is 10.5. The Morgan fingerprint density at radius 3 is 2.77 bits per heavy atom. The molecule has 1 saturated heterocycles. The van der Waals surface area contributed by atoms with E-state index in [4.69, 9.17) is 4.74 Å². The van der Waals surface area contributed by atoms with Gasteiger partial charge in [-0.05, 0) is 30.7 Å². The summed E-state index contributed by atoms with van der Waals surface area (Å²) < 4.78 is 5.33. The van der Waals surface area contributed by atoms with Crippen molar-refractivity contribution in [2.45, 2.75) is 19.4 Å². The highest BCUT2D eigenvalue weighted by Gasteiger charge is 2.17.